The largest absolute Gasteiger partial charge is 0.449 e. The minimum Gasteiger partial charge on any atom is -0.449 e. The smallest absolute Gasteiger partial charge is 0.379 e. The van der Waals surface area contributed by atoms with Gasteiger partial charge < -0.3 is 9.15 Å². The van der Waals surface area contributed by atoms with E-state index in [0.717, 1.165) is 0 Å². The molecule has 26 heavy (non-hydrogen) atoms. The van der Waals surface area contributed by atoms with Gasteiger partial charge in [0.05, 0.1) is 4.92 Å². The van der Waals surface area contributed by atoms with Crippen LogP contribution in [0.4, 0.5) is 5.69 Å². The van der Waals surface area contributed by atoms with Crippen molar-refractivity contribution in [1.29, 1.82) is 0 Å². The summed E-state index contributed by atoms with van der Waals surface area (Å²) >= 11 is 0. The first-order chi connectivity index (χ1) is 12.4. The lowest BCUT2D eigenvalue weighted by Gasteiger charge is -2.03. The average molecular weight is 351 g/mol. The molecule has 3 aromatic rings. The van der Waals surface area contributed by atoms with Gasteiger partial charge in [0.2, 0.25) is 5.76 Å². The van der Waals surface area contributed by atoms with Crippen molar-refractivity contribution in [2.75, 3.05) is 0 Å². The molecule has 0 amide bonds. The summed E-state index contributed by atoms with van der Waals surface area (Å²) in [5, 5.41) is 10.7. The van der Waals surface area contributed by atoms with Crippen LogP contribution in [0.25, 0.3) is 11.3 Å². The molecule has 0 fully saturated rings. The van der Waals surface area contributed by atoms with Gasteiger partial charge in [0.15, 0.2) is 5.78 Å². The van der Waals surface area contributed by atoms with Crippen molar-refractivity contribution in [3.63, 3.8) is 0 Å². The number of nitro benzene ring substituents is 1. The molecule has 1 heterocycles. The minimum atomic E-state index is -0.686. The summed E-state index contributed by atoms with van der Waals surface area (Å²) in [5.74, 6) is -0.101. The fourth-order valence-electron chi connectivity index (χ4n) is 2.27. The second-order valence-electron chi connectivity index (χ2n) is 5.44. The number of nitrogens with zero attached hydrogens (tertiary/aromatic N) is 1. The molecule has 0 atom stereocenters. The van der Waals surface area contributed by atoms with E-state index in [9.17, 15) is 19.7 Å². The Hall–Kier alpha value is -3.74. The molecular formula is C19H13NO6. The molecule has 1 aromatic heterocycles. The lowest BCUT2D eigenvalue weighted by Crippen LogP contribution is -2.07. The number of ether oxygens (including phenoxy) is 1. The number of furan rings is 1. The van der Waals surface area contributed by atoms with E-state index in [0.29, 0.717) is 16.9 Å². The molecule has 0 saturated carbocycles. The van der Waals surface area contributed by atoms with Gasteiger partial charge in [-0.05, 0) is 55.5 Å². The molecule has 0 bridgehead atoms. The van der Waals surface area contributed by atoms with Crippen LogP contribution in [0, 0.1) is 10.1 Å². The summed E-state index contributed by atoms with van der Waals surface area (Å²) in [6.07, 6.45) is 0. The van der Waals surface area contributed by atoms with Crippen LogP contribution < -0.4 is 4.74 Å². The molecule has 0 aliphatic heterocycles. The number of ketones is 1. The number of esters is 1. The third-order valence-corrected chi connectivity index (χ3v) is 3.64. The Kier molecular flexibility index (Phi) is 4.62. The van der Waals surface area contributed by atoms with Crippen LogP contribution in [0.1, 0.15) is 27.8 Å². The fourth-order valence-corrected chi connectivity index (χ4v) is 2.27. The number of non-ortho nitro benzene ring substituents is 1. The van der Waals surface area contributed by atoms with Crippen LogP contribution in [-0.2, 0) is 0 Å². The molecule has 3 rings (SSSR count). The molecule has 0 spiro atoms. The lowest BCUT2D eigenvalue weighted by molar-refractivity contribution is -0.384. The van der Waals surface area contributed by atoms with Crippen molar-refractivity contribution >= 4 is 17.4 Å². The molecule has 0 aliphatic carbocycles. The van der Waals surface area contributed by atoms with Gasteiger partial charge in [-0.25, -0.2) is 4.79 Å². The molecule has 2 aromatic carbocycles. The Balaban J connectivity index is 1.73. The molecule has 0 aliphatic rings. The number of carbonyl (C=O) groups excluding carboxylic acids is 2. The Morgan fingerprint density at radius 1 is 0.962 bits per heavy atom. The highest BCUT2D eigenvalue weighted by atomic mass is 16.6. The van der Waals surface area contributed by atoms with Gasteiger partial charge in [-0.1, -0.05) is 0 Å². The van der Waals surface area contributed by atoms with Gasteiger partial charge in [0.25, 0.3) is 5.69 Å². The van der Waals surface area contributed by atoms with E-state index in [-0.39, 0.29) is 23.0 Å². The number of rotatable bonds is 5. The topological polar surface area (TPSA) is 99.7 Å². The normalized spacial score (nSPS) is 10.3. The quantitative estimate of drug-likeness (QED) is 0.224. The van der Waals surface area contributed by atoms with E-state index in [1.165, 1.54) is 49.4 Å². The van der Waals surface area contributed by atoms with Crippen LogP contribution in [0.3, 0.4) is 0 Å². The van der Waals surface area contributed by atoms with Gasteiger partial charge in [-0.2, -0.15) is 0 Å². The Morgan fingerprint density at radius 3 is 2.19 bits per heavy atom. The molecule has 7 nitrogen and oxygen atoms in total. The van der Waals surface area contributed by atoms with E-state index >= 15 is 0 Å². The molecule has 0 unspecified atom stereocenters. The minimum absolute atomic E-state index is 0.00556. The number of Topliss-reactive ketones (excluding diaryl/α,β-unsaturated/α-hetero) is 1. The number of benzene rings is 2. The first kappa shape index (κ1) is 17.1. The second-order valence-corrected chi connectivity index (χ2v) is 5.44. The van der Waals surface area contributed by atoms with E-state index in [1.807, 2.05) is 0 Å². The number of nitro groups is 1. The van der Waals surface area contributed by atoms with Crippen molar-refractivity contribution in [3.05, 3.63) is 82.1 Å². The SMILES string of the molecule is CC(=O)c1ccc(OC(=O)c2ccc(-c3ccc([N+](=O)[O-])cc3)o2)cc1. The number of hydrogen-bond donors (Lipinski definition) is 0. The highest BCUT2D eigenvalue weighted by Crippen LogP contribution is 2.25. The predicted octanol–water partition coefficient (Wildman–Crippen LogP) is 4.28. The fraction of sp³-hybridized carbons (Fsp3) is 0.0526. The van der Waals surface area contributed by atoms with Gasteiger partial charge in [0, 0.05) is 23.3 Å². The standard InChI is InChI=1S/C19H13NO6/c1-12(21)13-4-8-16(9-5-13)25-19(22)18-11-10-17(26-18)14-2-6-15(7-3-14)20(23)24/h2-11H,1H3. The maximum Gasteiger partial charge on any atom is 0.379 e. The highest BCUT2D eigenvalue weighted by molar-refractivity contribution is 5.94. The highest BCUT2D eigenvalue weighted by Gasteiger charge is 2.15. The van der Waals surface area contributed by atoms with E-state index in [2.05, 4.69) is 0 Å². The number of carbonyl (C=O) groups is 2. The zero-order valence-corrected chi connectivity index (χ0v) is 13.7. The van der Waals surface area contributed by atoms with Crippen molar-refractivity contribution in [2.24, 2.45) is 0 Å². The van der Waals surface area contributed by atoms with E-state index in [1.54, 1.807) is 18.2 Å². The van der Waals surface area contributed by atoms with Crippen molar-refractivity contribution < 1.29 is 23.7 Å². The monoisotopic (exact) mass is 351 g/mol. The maximum absolute atomic E-state index is 12.1. The van der Waals surface area contributed by atoms with Crippen LogP contribution in [0.15, 0.2) is 65.1 Å². The Labute approximate surface area is 148 Å². The van der Waals surface area contributed by atoms with Crippen molar-refractivity contribution in [1.82, 2.24) is 0 Å². The van der Waals surface area contributed by atoms with E-state index in [4.69, 9.17) is 9.15 Å². The summed E-state index contributed by atoms with van der Waals surface area (Å²) in [6.45, 7) is 1.45. The zero-order valence-electron chi connectivity index (χ0n) is 13.7. The Bertz CT molecular complexity index is 970. The molecule has 0 radical (unpaired) electrons. The number of hydrogen-bond acceptors (Lipinski definition) is 6. The second kappa shape index (κ2) is 7.02. The van der Waals surface area contributed by atoms with Gasteiger partial charge >= 0.3 is 5.97 Å². The average Bonchev–Trinajstić information content (AvgIpc) is 3.12. The summed E-state index contributed by atoms with van der Waals surface area (Å²) < 4.78 is 10.7. The van der Waals surface area contributed by atoms with E-state index < -0.39 is 10.9 Å². The summed E-state index contributed by atoms with van der Waals surface area (Å²) in [5.41, 5.74) is 1.08. The van der Waals surface area contributed by atoms with Crippen LogP contribution in [0.2, 0.25) is 0 Å². The zero-order chi connectivity index (χ0) is 18.7. The summed E-state index contributed by atoms with van der Waals surface area (Å²) in [7, 11) is 0. The molecule has 0 saturated heterocycles. The third-order valence-electron chi connectivity index (χ3n) is 3.64. The van der Waals surface area contributed by atoms with Crippen LogP contribution in [0.5, 0.6) is 5.75 Å². The third kappa shape index (κ3) is 3.67. The lowest BCUT2D eigenvalue weighted by atomic mass is 10.1. The summed E-state index contributed by atoms with van der Waals surface area (Å²) in [4.78, 5) is 33.6. The first-order valence-corrected chi connectivity index (χ1v) is 7.62. The maximum atomic E-state index is 12.1. The van der Waals surface area contributed by atoms with Crippen LogP contribution in [-0.4, -0.2) is 16.7 Å². The van der Waals surface area contributed by atoms with Gasteiger partial charge in [-0.3, -0.25) is 14.9 Å². The molecule has 0 N–H and O–H groups in total. The first-order valence-electron chi connectivity index (χ1n) is 7.62. The Morgan fingerprint density at radius 2 is 1.62 bits per heavy atom. The van der Waals surface area contributed by atoms with Crippen molar-refractivity contribution in [3.8, 4) is 17.1 Å². The molecule has 7 heteroatoms. The molecule has 130 valence electrons. The van der Waals surface area contributed by atoms with Crippen LogP contribution >= 0.6 is 0 Å². The summed E-state index contributed by atoms with van der Waals surface area (Å²) in [6, 6.07) is 15.0. The van der Waals surface area contributed by atoms with Crippen molar-refractivity contribution in [2.45, 2.75) is 6.92 Å². The molecular weight excluding hydrogens is 338 g/mol. The van der Waals surface area contributed by atoms with Gasteiger partial charge in [-0.15, -0.1) is 0 Å². The van der Waals surface area contributed by atoms with Gasteiger partial charge in [0.1, 0.15) is 11.5 Å². The predicted molar refractivity (Wildman–Crippen MR) is 92.2 cm³/mol.